The number of hydrogen-bond acceptors (Lipinski definition) is 5. The van der Waals surface area contributed by atoms with Gasteiger partial charge in [-0.25, -0.2) is 9.97 Å². The van der Waals surface area contributed by atoms with E-state index in [2.05, 4.69) is 46.5 Å². The van der Waals surface area contributed by atoms with Crippen LogP contribution in [-0.4, -0.2) is 21.6 Å². The van der Waals surface area contributed by atoms with E-state index in [0.29, 0.717) is 5.16 Å². The summed E-state index contributed by atoms with van der Waals surface area (Å²) in [5.74, 6) is 0.213. The zero-order valence-electron chi connectivity index (χ0n) is 15.5. The molecular weight excluding hydrogens is 374 g/mol. The summed E-state index contributed by atoms with van der Waals surface area (Å²) >= 11 is 3.04. The average molecular weight is 396 g/mol. The van der Waals surface area contributed by atoms with Gasteiger partial charge in [0.05, 0.1) is 5.75 Å². The smallest absolute Gasteiger partial charge is 0.234 e. The van der Waals surface area contributed by atoms with Gasteiger partial charge in [0.1, 0.15) is 0 Å². The highest BCUT2D eigenvalue weighted by Crippen LogP contribution is 2.28. The lowest BCUT2D eigenvalue weighted by molar-refractivity contribution is -0.113. The second-order valence-corrected chi connectivity index (χ2v) is 8.30. The SMILES string of the molecule is Cc1ccc(Sc2ccc(NC(=O)CSc3nc(C)cc(C)n3)cc2)cc1. The lowest BCUT2D eigenvalue weighted by Gasteiger charge is -2.07. The highest BCUT2D eigenvalue weighted by atomic mass is 32.2. The molecule has 27 heavy (non-hydrogen) atoms. The number of carbonyl (C=O) groups excluding carboxylic acids is 1. The van der Waals surface area contributed by atoms with E-state index in [1.54, 1.807) is 11.8 Å². The Balaban J connectivity index is 1.52. The van der Waals surface area contributed by atoms with Crippen molar-refractivity contribution < 1.29 is 4.79 Å². The monoisotopic (exact) mass is 395 g/mol. The number of nitrogens with one attached hydrogen (secondary N) is 1. The second-order valence-electron chi connectivity index (χ2n) is 6.21. The van der Waals surface area contributed by atoms with Crippen LogP contribution < -0.4 is 5.32 Å². The van der Waals surface area contributed by atoms with Crippen LogP contribution in [0.25, 0.3) is 0 Å². The van der Waals surface area contributed by atoms with Gasteiger partial charge in [0.2, 0.25) is 5.91 Å². The minimum Gasteiger partial charge on any atom is -0.325 e. The molecule has 0 unspecified atom stereocenters. The van der Waals surface area contributed by atoms with Crippen molar-refractivity contribution in [2.75, 3.05) is 11.1 Å². The molecule has 1 heterocycles. The van der Waals surface area contributed by atoms with E-state index >= 15 is 0 Å². The van der Waals surface area contributed by atoms with Crippen LogP contribution in [0.15, 0.2) is 69.5 Å². The summed E-state index contributed by atoms with van der Waals surface area (Å²) in [7, 11) is 0. The minimum absolute atomic E-state index is 0.0679. The molecule has 1 aromatic heterocycles. The molecule has 0 saturated carbocycles. The summed E-state index contributed by atoms with van der Waals surface area (Å²) in [6.45, 7) is 5.93. The third-order valence-electron chi connectivity index (χ3n) is 3.69. The average Bonchev–Trinajstić information content (AvgIpc) is 2.63. The molecule has 1 N–H and O–H groups in total. The minimum atomic E-state index is -0.0679. The largest absolute Gasteiger partial charge is 0.325 e. The fourth-order valence-corrected chi connectivity index (χ4v) is 4.00. The van der Waals surface area contributed by atoms with E-state index in [4.69, 9.17) is 0 Å². The van der Waals surface area contributed by atoms with Crippen LogP contribution in [0.4, 0.5) is 5.69 Å². The Morgan fingerprint density at radius 1 is 0.889 bits per heavy atom. The van der Waals surface area contributed by atoms with Gasteiger partial charge >= 0.3 is 0 Å². The van der Waals surface area contributed by atoms with E-state index in [1.807, 2.05) is 44.2 Å². The number of aromatic nitrogens is 2. The zero-order chi connectivity index (χ0) is 19.2. The summed E-state index contributed by atoms with van der Waals surface area (Å²) in [6.07, 6.45) is 0. The Labute approximate surface area is 168 Å². The van der Waals surface area contributed by atoms with E-state index in [0.717, 1.165) is 22.0 Å². The van der Waals surface area contributed by atoms with Crippen molar-refractivity contribution in [2.24, 2.45) is 0 Å². The van der Waals surface area contributed by atoms with E-state index in [9.17, 15) is 4.79 Å². The summed E-state index contributed by atoms with van der Waals surface area (Å²) in [5, 5.41) is 3.55. The van der Waals surface area contributed by atoms with Crippen molar-refractivity contribution in [3.63, 3.8) is 0 Å². The molecule has 0 atom stereocenters. The Kier molecular flexibility index (Phi) is 6.53. The fourth-order valence-electron chi connectivity index (χ4n) is 2.43. The molecule has 3 aromatic rings. The maximum atomic E-state index is 12.2. The molecular formula is C21H21N3OS2. The fraction of sp³-hybridized carbons (Fsp3) is 0.190. The summed E-state index contributed by atoms with van der Waals surface area (Å²) in [4.78, 5) is 23.2. The predicted molar refractivity (Wildman–Crippen MR) is 113 cm³/mol. The molecule has 0 fully saturated rings. The summed E-state index contributed by atoms with van der Waals surface area (Å²) in [6, 6.07) is 18.2. The number of hydrogen-bond donors (Lipinski definition) is 1. The highest BCUT2D eigenvalue weighted by Gasteiger charge is 2.07. The predicted octanol–water partition coefficient (Wildman–Crippen LogP) is 5.28. The zero-order valence-corrected chi connectivity index (χ0v) is 17.2. The van der Waals surface area contributed by atoms with Gasteiger partial charge in [-0.3, -0.25) is 4.79 Å². The van der Waals surface area contributed by atoms with Crippen molar-refractivity contribution in [3.05, 3.63) is 71.5 Å². The lowest BCUT2D eigenvalue weighted by atomic mass is 10.2. The number of benzene rings is 2. The first-order valence-corrected chi connectivity index (χ1v) is 10.4. The number of thioether (sulfide) groups is 1. The van der Waals surface area contributed by atoms with Gasteiger partial charge in [-0.1, -0.05) is 41.2 Å². The van der Waals surface area contributed by atoms with Gasteiger partial charge in [0, 0.05) is 26.9 Å². The van der Waals surface area contributed by atoms with Gasteiger partial charge in [0.15, 0.2) is 5.16 Å². The molecule has 0 aliphatic rings. The highest BCUT2D eigenvalue weighted by molar-refractivity contribution is 7.99. The maximum Gasteiger partial charge on any atom is 0.234 e. The van der Waals surface area contributed by atoms with Crippen LogP contribution in [0.5, 0.6) is 0 Å². The molecule has 1 amide bonds. The number of nitrogens with zero attached hydrogens (tertiary/aromatic N) is 2. The van der Waals surface area contributed by atoms with Gasteiger partial charge in [-0.15, -0.1) is 0 Å². The van der Waals surface area contributed by atoms with Crippen molar-refractivity contribution in [1.29, 1.82) is 0 Å². The number of aryl methyl sites for hydroxylation is 3. The molecule has 6 heteroatoms. The van der Waals surface area contributed by atoms with E-state index in [-0.39, 0.29) is 11.7 Å². The molecule has 0 aliphatic heterocycles. The van der Waals surface area contributed by atoms with Crippen molar-refractivity contribution in [2.45, 2.75) is 35.7 Å². The number of rotatable bonds is 6. The molecule has 0 radical (unpaired) electrons. The third-order valence-corrected chi connectivity index (χ3v) is 5.55. The maximum absolute atomic E-state index is 12.2. The molecule has 3 rings (SSSR count). The summed E-state index contributed by atoms with van der Waals surface area (Å²) < 4.78 is 0. The number of amides is 1. The molecule has 138 valence electrons. The van der Waals surface area contributed by atoms with Crippen LogP contribution in [0.2, 0.25) is 0 Å². The summed E-state index contributed by atoms with van der Waals surface area (Å²) in [5.41, 5.74) is 3.86. The van der Waals surface area contributed by atoms with Crippen molar-refractivity contribution in [1.82, 2.24) is 9.97 Å². The quantitative estimate of drug-likeness (QED) is 0.454. The Morgan fingerprint density at radius 2 is 1.44 bits per heavy atom. The lowest BCUT2D eigenvalue weighted by Crippen LogP contribution is -2.14. The van der Waals surface area contributed by atoms with Gasteiger partial charge in [-0.05, 0) is 63.2 Å². The van der Waals surface area contributed by atoms with Gasteiger partial charge in [0.25, 0.3) is 0 Å². The first-order chi connectivity index (χ1) is 13.0. The molecule has 4 nitrogen and oxygen atoms in total. The van der Waals surface area contributed by atoms with E-state index < -0.39 is 0 Å². The Hall–Kier alpha value is -2.31. The van der Waals surface area contributed by atoms with E-state index in [1.165, 1.54) is 22.2 Å². The molecule has 0 spiro atoms. The normalized spacial score (nSPS) is 10.6. The van der Waals surface area contributed by atoms with Gasteiger partial charge in [-0.2, -0.15) is 0 Å². The van der Waals surface area contributed by atoms with Gasteiger partial charge < -0.3 is 5.32 Å². The Morgan fingerprint density at radius 3 is 2.04 bits per heavy atom. The second kappa shape index (κ2) is 9.06. The van der Waals surface area contributed by atoms with Crippen LogP contribution in [-0.2, 0) is 4.79 Å². The Bertz CT molecular complexity index is 905. The van der Waals surface area contributed by atoms with Crippen LogP contribution >= 0.6 is 23.5 Å². The molecule has 2 aromatic carbocycles. The van der Waals surface area contributed by atoms with Crippen molar-refractivity contribution >= 4 is 35.1 Å². The number of anilines is 1. The molecule has 0 aliphatic carbocycles. The molecule has 0 bridgehead atoms. The van der Waals surface area contributed by atoms with Crippen LogP contribution in [0.3, 0.4) is 0 Å². The third kappa shape index (κ3) is 6.12. The van der Waals surface area contributed by atoms with Crippen LogP contribution in [0, 0.1) is 20.8 Å². The van der Waals surface area contributed by atoms with Crippen molar-refractivity contribution in [3.8, 4) is 0 Å². The topological polar surface area (TPSA) is 54.9 Å². The van der Waals surface area contributed by atoms with Crippen LogP contribution in [0.1, 0.15) is 17.0 Å². The first-order valence-electron chi connectivity index (χ1n) is 8.57. The molecule has 0 saturated heterocycles. The standard InChI is InChI=1S/C21H21N3OS2/c1-14-4-8-18(9-5-14)27-19-10-6-17(7-11-19)24-20(25)13-26-21-22-15(2)12-16(3)23-21/h4-12H,13H2,1-3H3,(H,24,25). The first kappa shape index (κ1) is 19.5. The number of carbonyl (C=O) groups is 1.